The van der Waals surface area contributed by atoms with E-state index in [2.05, 4.69) is 10.3 Å². The molecule has 1 aromatic rings. The van der Waals surface area contributed by atoms with E-state index in [-0.39, 0.29) is 13.0 Å². The molecule has 2 atom stereocenters. The Bertz CT molecular complexity index is 462. The number of aliphatic hydroxyl groups is 2. The number of aromatic nitrogens is 1. The van der Waals surface area contributed by atoms with E-state index in [1.165, 1.54) is 11.3 Å². The first-order valence-electron chi connectivity index (χ1n) is 6.87. The number of aliphatic hydroxyl groups excluding tert-OH is 2. The molecule has 0 aliphatic heterocycles. The summed E-state index contributed by atoms with van der Waals surface area (Å²) in [5.41, 5.74) is 0.297. The quantitative estimate of drug-likeness (QED) is 0.773. The summed E-state index contributed by atoms with van der Waals surface area (Å²) in [6, 6.07) is 0. The Morgan fingerprint density at radius 3 is 2.48 bits per heavy atom. The molecule has 0 aliphatic rings. The summed E-state index contributed by atoms with van der Waals surface area (Å²) >= 11 is 1.37. The van der Waals surface area contributed by atoms with Gasteiger partial charge in [-0.25, -0.2) is 9.78 Å². The van der Waals surface area contributed by atoms with Crippen LogP contribution in [0.2, 0.25) is 0 Å². The lowest BCUT2D eigenvalue weighted by molar-refractivity contribution is 0.0121. The van der Waals surface area contributed by atoms with Gasteiger partial charge in [-0.15, -0.1) is 11.3 Å². The SMILES string of the molecule is Cc1nc(C(O)C(O)CCNC(=O)OC(C)(C)C)sc1C. The molecule has 1 aromatic heterocycles. The maximum absolute atomic E-state index is 11.4. The van der Waals surface area contributed by atoms with Gasteiger partial charge in [0.2, 0.25) is 0 Å². The number of hydrogen-bond donors (Lipinski definition) is 3. The van der Waals surface area contributed by atoms with E-state index in [9.17, 15) is 15.0 Å². The van der Waals surface area contributed by atoms with Crippen molar-refractivity contribution < 1.29 is 19.7 Å². The minimum Gasteiger partial charge on any atom is -0.444 e. The number of amides is 1. The zero-order valence-corrected chi connectivity index (χ0v) is 14.0. The van der Waals surface area contributed by atoms with Gasteiger partial charge in [-0.05, 0) is 41.0 Å². The van der Waals surface area contributed by atoms with Crippen LogP contribution in [0.1, 0.15) is 48.9 Å². The third-order valence-corrected chi connectivity index (χ3v) is 3.91. The van der Waals surface area contributed by atoms with Crippen molar-refractivity contribution in [2.24, 2.45) is 0 Å². The number of ether oxygens (including phenoxy) is 1. The molecular weight excluding hydrogens is 292 g/mol. The average Bonchev–Trinajstić information content (AvgIpc) is 2.66. The summed E-state index contributed by atoms with van der Waals surface area (Å²) in [7, 11) is 0. The van der Waals surface area contributed by atoms with Gasteiger partial charge in [0.1, 0.15) is 16.7 Å². The molecule has 0 fully saturated rings. The van der Waals surface area contributed by atoms with Crippen molar-refractivity contribution in [3.8, 4) is 0 Å². The lowest BCUT2D eigenvalue weighted by Crippen LogP contribution is -2.34. The van der Waals surface area contributed by atoms with Crippen molar-refractivity contribution in [1.82, 2.24) is 10.3 Å². The Morgan fingerprint density at radius 1 is 1.38 bits per heavy atom. The van der Waals surface area contributed by atoms with Crippen LogP contribution in [0.25, 0.3) is 0 Å². The topological polar surface area (TPSA) is 91.7 Å². The molecule has 0 spiro atoms. The highest BCUT2D eigenvalue weighted by molar-refractivity contribution is 7.11. The predicted molar refractivity (Wildman–Crippen MR) is 81.4 cm³/mol. The van der Waals surface area contributed by atoms with Gasteiger partial charge in [0.05, 0.1) is 11.8 Å². The van der Waals surface area contributed by atoms with Crippen LogP contribution < -0.4 is 5.32 Å². The molecule has 2 unspecified atom stereocenters. The van der Waals surface area contributed by atoms with Crippen LogP contribution in [0, 0.1) is 13.8 Å². The van der Waals surface area contributed by atoms with Gasteiger partial charge in [0.15, 0.2) is 0 Å². The smallest absolute Gasteiger partial charge is 0.407 e. The zero-order chi connectivity index (χ0) is 16.2. The van der Waals surface area contributed by atoms with Crippen molar-refractivity contribution in [1.29, 1.82) is 0 Å². The molecule has 21 heavy (non-hydrogen) atoms. The molecular formula is C14H24N2O4S. The first-order valence-corrected chi connectivity index (χ1v) is 7.68. The standard InChI is InChI=1S/C14H24N2O4S/c1-8-9(2)21-12(16-8)11(18)10(17)6-7-15-13(19)20-14(3,4)5/h10-11,17-18H,6-7H2,1-5H3,(H,15,19). The average molecular weight is 316 g/mol. The minimum atomic E-state index is -1.04. The van der Waals surface area contributed by atoms with E-state index in [0.717, 1.165) is 10.6 Å². The zero-order valence-electron chi connectivity index (χ0n) is 13.1. The van der Waals surface area contributed by atoms with Gasteiger partial charge >= 0.3 is 6.09 Å². The fourth-order valence-corrected chi connectivity index (χ4v) is 2.55. The summed E-state index contributed by atoms with van der Waals surface area (Å²) in [5.74, 6) is 0. The van der Waals surface area contributed by atoms with Crippen LogP contribution in [-0.4, -0.2) is 39.5 Å². The molecule has 0 radical (unpaired) electrons. The summed E-state index contributed by atoms with van der Waals surface area (Å²) in [5, 5.41) is 23.0. The molecule has 3 N–H and O–H groups in total. The number of carbonyl (C=O) groups excluding carboxylic acids is 1. The Balaban J connectivity index is 2.40. The van der Waals surface area contributed by atoms with E-state index in [1.807, 2.05) is 13.8 Å². The highest BCUT2D eigenvalue weighted by Gasteiger charge is 2.22. The van der Waals surface area contributed by atoms with Crippen molar-refractivity contribution in [3.63, 3.8) is 0 Å². The van der Waals surface area contributed by atoms with Crippen molar-refractivity contribution in [2.75, 3.05) is 6.54 Å². The second kappa shape index (κ2) is 7.20. The first kappa shape index (κ1) is 17.9. The summed E-state index contributed by atoms with van der Waals surface area (Å²) in [4.78, 5) is 16.7. The van der Waals surface area contributed by atoms with Gasteiger partial charge < -0.3 is 20.3 Å². The Kier molecular flexibility index (Phi) is 6.12. The summed E-state index contributed by atoms with van der Waals surface area (Å²) in [6.45, 7) is 9.32. The lowest BCUT2D eigenvalue weighted by Gasteiger charge is -2.20. The normalized spacial score (nSPS) is 14.6. The first-order chi connectivity index (χ1) is 9.60. The number of hydrogen-bond acceptors (Lipinski definition) is 6. The molecule has 0 bridgehead atoms. The van der Waals surface area contributed by atoms with E-state index < -0.39 is 23.9 Å². The molecule has 1 amide bonds. The molecule has 0 saturated heterocycles. The van der Waals surface area contributed by atoms with Crippen LogP contribution in [0.3, 0.4) is 0 Å². The van der Waals surface area contributed by atoms with Crippen LogP contribution >= 0.6 is 11.3 Å². The Hall–Kier alpha value is -1.18. The van der Waals surface area contributed by atoms with Crippen LogP contribution in [0.4, 0.5) is 4.79 Å². The third-order valence-electron chi connectivity index (χ3n) is 2.77. The number of nitrogens with one attached hydrogen (secondary N) is 1. The molecule has 6 nitrogen and oxygen atoms in total. The number of aryl methyl sites for hydroxylation is 2. The molecule has 7 heteroatoms. The summed E-state index contributed by atoms with van der Waals surface area (Å²) < 4.78 is 5.08. The number of nitrogens with zero attached hydrogens (tertiary/aromatic N) is 1. The highest BCUT2D eigenvalue weighted by Crippen LogP contribution is 2.25. The number of carbonyl (C=O) groups is 1. The largest absolute Gasteiger partial charge is 0.444 e. The van der Waals surface area contributed by atoms with Gasteiger partial charge in [-0.2, -0.15) is 0 Å². The van der Waals surface area contributed by atoms with Crippen molar-refractivity contribution in [3.05, 3.63) is 15.6 Å². The molecule has 1 heterocycles. The fourth-order valence-electron chi connectivity index (χ4n) is 1.58. The molecule has 0 aliphatic carbocycles. The predicted octanol–water partition coefficient (Wildman–Crippen LogP) is 2.07. The molecule has 0 saturated carbocycles. The van der Waals surface area contributed by atoms with Gasteiger partial charge in [-0.1, -0.05) is 0 Å². The Morgan fingerprint density at radius 2 is 2.00 bits per heavy atom. The molecule has 120 valence electrons. The molecule has 0 aromatic carbocycles. The Labute approximate surface area is 129 Å². The monoisotopic (exact) mass is 316 g/mol. The molecule has 1 rings (SSSR count). The minimum absolute atomic E-state index is 0.219. The number of rotatable bonds is 5. The van der Waals surface area contributed by atoms with Crippen molar-refractivity contribution in [2.45, 2.75) is 58.8 Å². The maximum Gasteiger partial charge on any atom is 0.407 e. The lowest BCUT2D eigenvalue weighted by atomic mass is 10.1. The van der Waals surface area contributed by atoms with Gasteiger partial charge in [0, 0.05) is 11.4 Å². The van der Waals surface area contributed by atoms with Crippen LogP contribution in [0.15, 0.2) is 0 Å². The van der Waals surface area contributed by atoms with Gasteiger partial charge in [0.25, 0.3) is 0 Å². The number of alkyl carbamates (subject to hydrolysis) is 1. The highest BCUT2D eigenvalue weighted by atomic mass is 32.1. The van der Waals surface area contributed by atoms with Crippen LogP contribution in [0.5, 0.6) is 0 Å². The van der Waals surface area contributed by atoms with E-state index in [1.54, 1.807) is 20.8 Å². The van der Waals surface area contributed by atoms with Gasteiger partial charge in [-0.3, -0.25) is 0 Å². The number of thiazole rings is 1. The van der Waals surface area contributed by atoms with Crippen LogP contribution in [-0.2, 0) is 4.74 Å². The van der Waals surface area contributed by atoms with E-state index in [4.69, 9.17) is 4.74 Å². The van der Waals surface area contributed by atoms with E-state index >= 15 is 0 Å². The maximum atomic E-state index is 11.4. The third kappa shape index (κ3) is 5.99. The second-order valence-corrected chi connectivity index (χ2v) is 7.16. The van der Waals surface area contributed by atoms with Crippen molar-refractivity contribution >= 4 is 17.4 Å². The summed E-state index contributed by atoms with van der Waals surface area (Å²) in [6.07, 6.45) is -2.34. The van der Waals surface area contributed by atoms with E-state index in [0.29, 0.717) is 5.01 Å². The second-order valence-electron chi connectivity index (χ2n) is 5.92. The fraction of sp³-hybridized carbons (Fsp3) is 0.714.